The number of nitrogens with zero attached hydrogens (tertiary/aromatic N) is 3. The van der Waals surface area contributed by atoms with Gasteiger partial charge in [-0.1, -0.05) is 23.7 Å². The van der Waals surface area contributed by atoms with Crippen molar-refractivity contribution in [1.82, 2.24) is 20.1 Å². The van der Waals surface area contributed by atoms with Gasteiger partial charge in [-0.15, -0.1) is 11.3 Å². The van der Waals surface area contributed by atoms with Gasteiger partial charge in [0.15, 0.2) is 0 Å². The summed E-state index contributed by atoms with van der Waals surface area (Å²) in [5, 5.41) is 10.5. The Labute approximate surface area is 150 Å². The second kappa shape index (κ2) is 7.05. The van der Waals surface area contributed by atoms with Gasteiger partial charge in [-0.3, -0.25) is 10.00 Å². The Bertz CT molecular complexity index is 774. The van der Waals surface area contributed by atoms with Gasteiger partial charge in [0.2, 0.25) is 0 Å². The van der Waals surface area contributed by atoms with Gasteiger partial charge in [0.25, 0.3) is 0 Å². The molecule has 1 aromatic carbocycles. The number of piperidine rings is 1. The third-order valence-electron chi connectivity index (χ3n) is 4.62. The fourth-order valence-electron chi connectivity index (χ4n) is 3.26. The van der Waals surface area contributed by atoms with Crippen molar-refractivity contribution in [3.63, 3.8) is 0 Å². The lowest BCUT2D eigenvalue weighted by Crippen LogP contribution is -2.32. The standard InChI is InChI=1S/C18H19ClN4S/c19-15-3-1-13(2-4-15)17-9-16(21-22-17)10-23-7-5-14(6-8-23)18-11-24-12-20-18/h1-4,9,11-12,14H,5-8,10H2,(H,21,22). The maximum Gasteiger partial charge on any atom is 0.0924 e. The Kier molecular flexibility index (Phi) is 4.65. The van der Waals surface area contributed by atoms with E-state index in [1.54, 1.807) is 11.3 Å². The molecule has 0 amide bonds. The molecule has 3 heterocycles. The third-order valence-corrected chi connectivity index (χ3v) is 5.48. The lowest BCUT2D eigenvalue weighted by atomic mass is 9.94. The number of benzene rings is 1. The van der Waals surface area contributed by atoms with E-state index in [1.807, 2.05) is 29.8 Å². The van der Waals surface area contributed by atoms with E-state index >= 15 is 0 Å². The summed E-state index contributed by atoms with van der Waals surface area (Å²) in [4.78, 5) is 6.95. The Hall–Kier alpha value is -1.69. The van der Waals surface area contributed by atoms with Crippen molar-refractivity contribution in [3.8, 4) is 11.3 Å². The van der Waals surface area contributed by atoms with Gasteiger partial charge < -0.3 is 0 Å². The molecule has 124 valence electrons. The maximum absolute atomic E-state index is 5.94. The fraction of sp³-hybridized carbons (Fsp3) is 0.333. The lowest BCUT2D eigenvalue weighted by molar-refractivity contribution is 0.201. The topological polar surface area (TPSA) is 44.8 Å². The quantitative estimate of drug-likeness (QED) is 0.743. The summed E-state index contributed by atoms with van der Waals surface area (Å²) < 4.78 is 0. The highest BCUT2D eigenvalue weighted by atomic mass is 35.5. The van der Waals surface area contributed by atoms with Gasteiger partial charge >= 0.3 is 0 Å². The van der Waals surface area contributed by atoms with E-state index in [4.69, 9.17) is 11.6 Å². The van der Waals surface area contributed by atoms with E-state index in [2.05, 4.69) is 31.5 Å². The molecule has 0 radical (unpaired) electrons. The van der Waals surface area contributed by atoms with Crippen LogP contribution in [0.3, 0.4) is 0 Å². The Morgan fingerprint density at radius 1 is 1.21 bits per heavy atom. The van der Waals surface area contributed by atoms with Crippen LogP contribution in [0, 0.1) is 0 Å². The van der Waals surface area contributed by atoms with Gasteiger partial charge in [0.1, 0.15) is 0 Å². The number of hydrogen-bond donors (Lipinski definition) is 1. The molecule has 3 aromatic rings. The van der Waals surface area contributed by atoms with Crippen LogP contribution in [0.1, 0.15) is 30.1 Å². The van der Waals surface area contributed by atoms with E-state index in [0.717, 1.165) is 41.6 Å². The highest BCUT2D eigenvalue weighted by Crippen LogP contribution is 2.28. The number of aromatic amines is 1. The van der Waals surface area contributed by atoms with Crippen LogP contribution in [0.15, 0.2) is 41.2 Å². The molecule has 4 rings (SSSR count). The van der Waals surface area contributed by atoms with Crippen LogP contribution < -0.4 is 0 Å². The van der Waals surface area contributed by atoms with E-state index in [1.165, 1.54) is 18.5 Å². The van der Waals surface area contributed by atoms with Crippen molar-refractivity contribution in [3.05, 3.63) is 57.6 Å². The first-order chi connectivity index (χ1) is 11.8. The molecule has 0 spiro atoms. The molecular weight excluding hydrogens is 340 g/mol. The maximum atomic E-state index is 5.94. The molecule has 1 aliphatic heterocycles. The first-order valence-electron chi connectivity index (χ1n) is 8.18. The zero-order valence-electron chi connectivity index (χ0n) is 13.3. The Balaban J connectivity index is 1.36. The predicted octanol–water partition coefficient (Wildman–Crippen LogP) is 4.57. The number of rotatable bonds is 4. The lowest BCUT2D eigenvalue weighted by Gasteiger charge is -2.30. The molecule has 24 heavy (non-hydrogen) atoms. The minimum Gasteiger partial charge on any atom is -0.297 e. The summed E-state index contributed by atoms with van der Waals surface area (Å²) in [5.41, 5.74) is 6.42. The molecule has 0 unspecified atom stereocenters. The fourth-order valence-corrected chi connectivity index (χ4v) is 4.02. The summed E-state index contributed by atoms with van der Waals surface area (Å²) in [7, 11) is 0. The largest absolute Gasteiger partial charge is 0.297 e. The molecule has 4 nitrogen and oxygen atoms in total. The predicted molar refractivity (Wildman–Crippen MR) is 98.4 cm³/mol. The Morgan fingerprint density at radius 2 is 2.00 bits per heavy atom. The normalized spacial score (nSPS) is 16.5. The first kappa shape index (κ1) is 15.8. The van der Waals surface area contributed by atoms with Gasteiger partial charge in [-0.2, -0.15) is 5.10 Å². The average molecular weight is 359 g/mol. The highest BCUT2D eigenvalue weighted by Gasteiger charge is 2.22. The van der Waals surface area contributed by atoms with E-state index in [0.29, 0.717) is 5.92 Å². The Morgan fingerprint density at radius 3 is 2.71 bits per heavy atom. The minimum atomic E-state index is 0.624. The van der Waals surface area contributed by atoms with Crippen LogP contribution in [0.5, 0.6) is 0 Å². The van der Waals surface area contributed by atoms with Gasteiger partial charge in [0.05, 0.1) is 16.9 Å². The number of aromatic nitrogens is 3. The monoisotopic (exact) mass is 358 g/mol. The van der Waals surface area contributed by atoms with Crippen molar-refractivity contribution < 1.29 is 0 Å². The summed E-state index contributed by atoms with van der Waals surface area (Å²) >= 11 is 7.64. The molecule has 1 saturated heterocycles. The number of thiazole rings is 1. The number of H-pyrrole nitrogens is 1. The van der Waals surface area contributed by atoms with Crippen molar-refractivity contribution in [1.29, 1.82) is 0 Å². The van der Waals surface area contributed by atoms with Gasteiger partial charge in [0, 0.05) is 34.1 Å². The molecular formula is C18H19ClN4S. The molecule has 0 saturated carbocycles. The van der Waals surface area contributed by atoms with Gasteiger partial charge in [-0.25, -0.2) is 4.98 Å². The van der Waals surface area contributed by atoms with Crippen LogP contribution in [-0.2, 0) is 6.54 Å². The molecule has 0 aliphatic carbocycles. The zero-order chi connectivity index (χ0) is 16.4. The summed E-state index contributed by atoms with van der Waals surface area (Å²) in [6.07, 6.45) is 2.36. The second-order valence-electron chi connectivity index (χ2n) is 6.25. The van der Waals surface area contributed by atoms with Crippen LogP contribution >= 0.6 is 22.9 Å². The summed E-state index contributed by atoms with van der Waals surface area (Å²) in [6, 6.07) is 9.93. The van der Waals surface area contributed by atoms with Crippen molar-refractivity contribution in [2.24, 2.45) is 0 Å². The average Bonchev–Trinajstić information content (AvgIpc) is 3.28. The first-order valence-corrected chi connectivity index (χ1v) is 9.50. The molecule has 2 aromatic heterocycles. The SMILES string of the molecule is Clc1ccc(-c2cc(CN3CCC(c4cscn4)CC3)[nH]n2)cc1. The number of hydrogen-bond acceptors (Lipinski definition) is 4. The van der Waals surface area contributed by atoms with Crippen molar-refractivity contribution >= 4 is 22.9 Å². The van der Waals surface area contributed by atoms with Crippen LogP contribution in [0.2, 0.25) is 5.02 Å². The molecule has 1 aliphatic rings. The molecule has 0 bridgehead atoms. The summed E-state index contributed by atoms with van der Waals surface area (Å²) in [5.74, 6) is 0.624. The van der Waals surface area contributed by atoms with Crippen LogP contribution in [0.4, 0.5) is 0 Å². The van der Waals surface area contributed by atoms with E-state index in [9.17, 15) is 0 Å². The van der Waals surface area contributed by atoms with Crippen LogP contribution in [0.25, 0.3) is 11.3 Å². The molecule has 0 atom stereocenters. The molecule has 1 N–H and O–H groups in total. The molecule has 6 heteroatoms. The minimum absolute atomic E-state index is 0.624. The second-order valence-corrected chi connectivity index (χ2v) is 7.40. The zero-order valence-corrected chi connectivity index (χ0v) is 14.9. The van der Waals surface area contributed by atoms with Crippen LogP contribution in [-0.4, -0.2) is 33.2 Å². The molecule has 1 fully saturated rings. The smallest absolute Gasteiger partial charge is 0.0924 e. The number of nitrogens with one attached hydrogen (secondary N) is 1. The van der Waals surface area contributed by atoms with Crippen molar-refractivity contribution in [2.45, 2.75) is 25.3 Å². The summed E-state index contributed by atoms with van der Waals surface area (Å²) in [6.45, 7) is 3.14. The van der Waals surface area contributed by atoms with Crippen molar-refractivity contribution in [2.75, 3.05) is 13.1 Å². The number of likely N-dealkylation sites (tertiary alicyclic amines) is 1. The van der Waals surface area contributed by atoms with E-state index < -0.39 is 0 Å². The number of halogens is 1. The third kappa shape index (κ3) is 3.53. The van der Waals surface area contributed by atoms with Gasteiger partial charge in [-0.05, 0) is 44.1 Å². The highest BCUT2D eigenvalue weighted by molar-refractivity contribution is 7.07. The van der Waals surface area contributed by atoms with E-state index in [-0.39, 0.29) is 0 Å².